The fourth-order valence-corrected chi connectivity index (χ4v) is 8.11. The van der Waals surface area contributed by atoms with Crippen molar-refractivity contribution in [2.45, 2.75) is 11.3 Å². The summed E-state index contributed by atoms with van der Waals surface area (Å²) in [5.74, 6) is 0. The van der Waals surface area contributed by atoms with Crippen molar-refractivity contribution in [2.24, 2.45) is 0 Å². The third-order valence-corrected chi connectivity index (χ3v) is 12.3. The van der Waals surface area contributed by atoms with Gasteiger partial charge in [-0.05, 0) is 11.3 Å². The first kappa shape index (κ1) is 6.47. The van der Waals surface area contributed by atoms with Crippen LogP contribution in [-0.4, -0.2) is 32.3 Å². The van der Waals surface area contributed by atoms with Gasteiger partial charge in [0.25, 0.3) is 0 Å². The van der Waals surface area contributed by atoms with Crippen LogP contribution in [0.4, 0.5) is 0 Å². The molecule has 0 aliphatic carbocycles. The molecule has 2 nitrogen and oxygen atoms in total. The van der Waals surface area contributed by atoms with E-state index in [9.17, 15) is 0 Å². The minimum absolute atomic E-state index is 0.291. The molecule has 1 heterocycles. The molecule has 0 saturated carbocycles. The minimum atomic E-state index is -1.43. The molecule has 48 valence electrons. The van der Waals surface area contributed by atoms with Gasteiger partial charge in [0.1, 0.15) is 0 Å². The maximum atomic E-state index is 5.27. The van der Waals surface area contributed by atoms with Gasteiger partial charge in [0, 0.05) is 23.7 Å². The summed E-state index contributed by atoms with van der Waals surface area (Å²) in [5.41, 5.74) is 2.67. The molecule has 8 heavy (non-hydrogen) atoms. The van der Waals surface area contributed by atoms with Gasteiger partial charge < -0.3 is 8.85 Å². The van der Waals surface area contributed by atoms with Crippen molar-refractivity contribution in [1.29, 1.82) is 0 Å². The zero-order valence-electron chi connectivity index (χ0n) is 5.44. The summed E-state index contributed by atoms with van der Waals surface area (Å²) < 4.78 is 10.5. The first-order valence-electron chi connectivity index (χ1n) is 2.93. The van der Waals surface area contributed by atoms with Crippen LogP contribution in [0.5, 0.6) is 0 Å². The fourth-order valence-electron chi connectivity index (χ4n) is 0.957. The molecule has 0 aromatic rings. The van der Waals surface area contributed by atoms with E-state index >= 15 is 0 Å². The quantitative estimate of drug-likeness (QED) is 0.506. The molecular formula is C4H12O2Si2. The van der Waals surface area contributed by atoms with Crippen molar-refractivity contribution < 1.29 is 8.85 Å². The van der Waals surface area contributed by atoms with Crippen LogP contribution in [0.2, 0.25) is 11.3 Å². The lowest BCUT2D eigenvalue weighted by atomic mass is 11.7. The van der Waals surface area contributed by atoms with E-state index in [0.717, 1.165) is 0 Å². The number of hydrogen-bond donors (Lipinski definition) is 0. The van der Waals surface area contributed by atoms with E-state index in [1.54, 1.807) is 14.2 Å². The van der Waals surface area contributed by atoms with E-state index < -0.39 is 8.56 Å². The molecule has 4 heteroatoms. The van der Waals surface area contributed by atoms with Crippen molar-refractivity contribution in [3.05, 3.63) is 0 Å². The lowest BCUT2D eigenvalue weighted by Crippen LogP contribution is -2.50. The summed E-state index contributed by atoms with van der Waals surface area (Å²) in [4.78, 5) is 0. The predicted molar refractivity (Wildman–Crippen MR) is 37.9 cm³/mol. The second-order valence-corrected chi connectivity index (χ2v) is 9.52. The van der Waals surface area contributed by atoms with Crippen LogP contribution >= 0.6 is 0 Å². The zero-order chi connectivity index (χ0) is 6.04. The van der Waals surface area contributed by atoms with E-state index in [0.29, 0.717) is 9.52 Å². The highest BCUT2D eigenvalue weighted by molar-refractivity contribution is 6.92. The number of hydrogen-bond acceptors (Lipinski definition) is 2. The fraction of sp³-hybridized carbons (Fsp3) is 1.00. The maximum absolute atomic E-state index is 5.27. The van der Waals surface area contributed by atoms with E-state index in [-0.39, 0.29) is 0 Å². The molecule has 0 aromatic carbocycles. The average Bonchev–Trinajstić information content (AvgIpc) is 1.67. The first-order chi connectivity index (χ1) is 3.83. The Balaban J connectivity index is 2.33. The van der Waals surface area contributed by atoms with Crippen LogP contribution in [-0.2, 0) is 8.85 Å². The van der Waals surface area contributed by atoms with E-state index in [4.69, 9.17) is 8.85 Å². The molecule has 0 radical (unpaired) electrons. The Hall–Kier alpha value is 0.354. The van der Waals surface area contributed by atoms with Gasteiger partial charge in [-0.15, -0.1) is 0 Å². The zero-order valence-corrected chi connectivity index (χ0v) is 7.85. The van der Waals surface area contributed by atoms with Gasteiger partial charge >= 0.3 is 8.56 Å². The van der Waals surface area contributed by atoms with Crippen molar-refractivity contribution in [2.75, 3.05) is 14.2 Å². The molecule has 0 N–H and O–H groups in total. The minimum Gasteiger partial charge on any atom is -0.398 e. The molecule has 0 bridgehead atoms. The molecule has 0 amide bonds. The van der Waals surface area contributed by atoms with Crippen LogP contribution in [0.15, 0.2) is 0 Å². The van der Waals surface area contributed by atoms with Gasteiger partial charge in [0.2, 0.25) is 0 Å². The van der Waals surface area contributed by atoms with Gasteiger partial charge in [-0.2, -0.15) is 0 Å². The average molecular weight is 148 g/mol. The van der Waals surface area contributed by atoms with Crippen molar-refractivity contribution in [3.63, 3.8) is 0 Å². The molecule has 0 atom stereocenters. The molecule has 1 rings (SSSR count). The predicted octanol–water partition coefficient (Wildman–Crippen LogP) is -0.181. The van der Waals surface area contributed by atoms with Crippen molar-refractivity contribution >= 4 is 18.1 Å². The second-order valence-electron chi connectivity index (χ2n) is 2.17. The Bertz CT molecular complexity index is 68.6. The molecule has 1 fully saturated rings. The van der Waals surface area contributed by atoms with Gasteiger partial charge in [-0.25, -0.2) is 0 Å². The van der Waals surface area contributed by atoms with E-state index in [2.05, 4.69) is 0 Å². The molecule has 0 aromatic heterocycles. The van der Waals surface area contributed by atoms with Crippen LogP contribution in [0, 0.1) is 0 Å². The summed E-state index contributed by atoms with van der Waals surface area (Å²) in [6.07, 6.45) is 0. The highest BCUT2D eigenvalue weighted by Gasteiger charge is 2.42. The monoisotopic (exact) mass is 148 g/mol. The van der Waals surface area contributed by atoms with Crippen molar-refractivity contribution in [1.82, 2.24) is 0 Å². The lowest BCUT2D eigenvalue weighted by molar-refractivity contribution is 0.247. The topological polar surface area (TPSA) is 18.5 Å². The summed E-state index contributed by atoms with van der Waals surface area (Å²) in [7, 11) is 2.42. The highest BCUT2D eigenvalue weighted by Crippen LogP contribution is 2.25. The van der Waals surface area contributed by atoms with Crippen molar-refractivity contribution in [3.8, 4) is 0 Å². The van der Waals surface area contributed by atoms with Crippen LogP contribution in [0.1, 0.15) is 0 Å². The van der Waals surface area contributed by atoms with E-state index in [1.807, 2.05) is 0 Å². The summed E-state index contributed by atoms with van der Waals surface area (Å²) >= 11 is 0. The Morgan fingerprint density at radius 2 is 1.75 bits per heavy atom. The summed E-state index contributed by atoms with van der Waals surface area (Å²) in [5, 5.41) is 0. The molecule has 0 unspecified atom stereocenters. The standard InChI is InChI=1S/C4H12O2Si2/c1-5-8(6-2)3-7-4-8/h3-4,7H2,1-2H3. The highest BCUT2D eigenvalue weighted by atomic mass is 28.4. The summed E-state index contributed by atoms with van der Waals surface area (Å²) in [6.45, 7) is 0. The second kappa shape index (κ2) is 2.30. The van der Waals surface area contributed by atoms with E-state index in [1.165, 1.54) is 11.3 Å². The van der Waals surface area contributed by atoms with Gasteiger partial charge in [0.05, 0.1) is 0 Å². The van der Waals surface area contributed by atoms with Gasteiger partial charge in [-0.3, -0.25) is 0 Å². The lowest BCUT2D eigenvalue weighted by Gasteiger charge is -2.34. The van der Waals surface area contributed by atoms with Crippen LogP contribution < -0.4 is 0 Å². The normalized spacial score (nSPS) is 24.8. The first-order valence-corrected chi connectivity index (χ1v) is 7.16. The Kier molecular flexibility index (Phi) is 1.86. The Morgan fingerprint density at radius 3 is 1.75 bits per heavy atom. The van der Waals surface area contributed by atoms with Crippen LogP contribution in [0.25, 0.3) is 0 Å². The smallest absolute Gasteiger partial charge is 0.331 e. The Labute approximate surface area is 53.3 Å². The molecule has 1 saturated heterocycles. The number of rotatable bonds is 2. The molecular weight excluding hydrogens is 136 g/mol. The Morgan fingerprint density at radius 1 is 1.25 bits per heavy atom. The van der Waals surface area contributed by atoms with Crippen LogP contribution in [0.3, 0.4) is 0 Å². The third kappa shape index (κ3) is 0.884. The largest absolute Gasteiger partial charge is 0.398 e. The molecule has 1 aliphatic heterocycles. The third-order valence-electron chi connectivity index (χ3n) is 1.86. The maximum Gasteiger partial charge on any atom is 0.331 e. The van der Waals surface area contributed by atoms with Gasteiger partial charge in [0.15, 0.2) is 0 Å². The SMILES string of the molecule is CO[Si]1(OC)C[SiH2]C1. The summed E-state index contributed by atoms with van der Waals surface area (Å²) in [6, 6.07) is 0. The van der Waals surface area contributed by atoms with Gasteiger partial charge in [-0.1, -0.05) is 0 Å². The molecule has 1 aliphatic rings. The molecule has 0 spiro atoms.